The van der Waals surface area contributed by atoms with Gasteiger partial charge in [0.15, 0.2) is 0 Å². The van der Waals surface area contributed by atoms with E-state index in [1.807, 2.05) is 0 Å². The number of hydrogen-bond donors (Lipinski definition) is 2. The van der Waals surface area contributed by atoms with Crippen LogP contribution in [0, 0.1) is 0 Å². The Hall–Kier alpha value is -2.15. The molecule has 0 saturated carbocycles. The minimum absolute atomic E-state index is 0.0195. The Morgan fingerprint density at radius 1 is 1.40 bits per heavy atom. The third-order valence-corrected chi connectivity index (χ3v) is 2.59. The summed E-state index contributed by atoms with van der Waals surface area (Å²) in [5.41, 5.74) is -0.0868. The first-order chi connectivity index (χ1) is 9.43. The SMILES string of the molecule is COC(=O)CCCC(=O)Nc1cnc(Cl)cc1C(=O)O. The number of aromatic nitrogens is 1. The molecule has 0 aliphatic heterocycles. The lowest BCUT2D eigenvalue weighted by Crippen LogP contribution is -2.15. The van der Waals surface area contributed by atoms with Crippen molar-refractivity contribution in [3.63, 3.8) is 0 Å². The molecule has 0 saturated heterocycles. The molecule has 0 fully saturated rings. The van der Waals surface area contributed by atoms with Crippen LogP contribution in [0.15, 0.2) is 12.3 Å². The van der Waals surface area contributed by atoms with Crippen LogP contribution in [0.25, 0.3) is 0 Å². The number of halogens is 1. The van der Waals surface area contributed by atoms with Gasteiger partial charge in [0.25, 0.3) is 0 Å². The van der Waals surface area contributed by atoms with Crippen LogP contribution in [0.4, 0.5) is 5.69 Å². The van der Waals surface area contributed by atoms with Crippen molar-refractivity contribution in [2.24, 2.45) is 0 Å². The summed E-state index contributed by atoms with van der Waals surface area (Å²) in [5.74, 6) is -2.04. The second-order valence-electron chi connectivity index (χ2n) is 3.84. The summed E-state index contributed by atoms with van der Waals surface area (Å²) in [4.78, 5) is 37.2. The Labute approximate surface area is 119 Å². The van der Waals surface area contributed by atoms with Gasteiger partial charge in [-0.1, -0.05) is 11.6 Å². The van der Waals surface area contributed by atoms with E-state index in [0.29, 0.717) is 6.42 Å². The Morgan fingerprint density at radius 3 is 2.70 bits per heavy atom. The average molecular weight is 301 g/mol. The van der Waals surface area contributed by atoms with Crippen LogP contribution in [0.5, 0.6) is 0 Å². The van der Waals surface area contributed by atoms with E-state index in [1.54, 1.807) is 0 Å². The number of carboxylic acids is 1. The predicted octanol–water partition coefficient (Wildman–Crippen LogP) is 1.71. The second-order valence-corrected chi connectivity index (χ2v) is 4.22. The largest absolute Gasteiger partial charge is 0.478 e. The lowest BCUT2D eigenvalue weighted by Gasteiger charge is -2.08. The lowest BCUT2D eigenvalue weighted by molar-refractivity contribution is -0.140. The van der Waals surface area contributed by atoms with E-state index in [4.69, 9.17) is 16.7 Å². The molecule has 0 unspecified atom stereocenters. The molecular formula is C12H13ClN2O5. The van der Waals surface area contributed by atoms with E-state index in [2.05, 4.69) is 15.0 Å². The molecule has 1 rings (SSSR count). The maximum absolute atomic E-state index is 11.6. The molecule has 108 valence electrons. The summed E-state index contributed by atoms with van der Waals surface area (Å²) in [6.07, 6.45) is 1.66. The molecule has 1 amide bonds. The predicted molar refractivity (Wildman–Crippen MR) is 70.7 cm³/mol. The molecule has 1 heterocycles. The topological polar surface area (TPSA) is 106 Å². The summed E-state index contributed by atoms with van der Waals surface area (Å²) in [7, 11) is 1.26. The zero-order chi connectivity index (χ0) is 15.1. The Balaban J connectivity index is 2.62. The molecule has 0 aliphatic rings. The van der Waals surface area contributed by atoms with Gasteiger partial charge in [-0.2, -0.15) is 0 Å². The van der Waals surface area contributed by atoms with Crippen molar-refractivity contribution < 1.29 is 24.2 Å². The summed E-state index contributed by atoms with van der Waals surface area (Å²) in [6, 6.07) is 1.15. The fraction of sp³-hybridized carbons (Fsp3) is 0.333. The summed E-state index contributed by atoms with van der Waals surface area (Å²) in [6.45, 7) is 0. The first kappa shape index (κ1) is 15.9. The highest BCUT2D eigenvalue weighted by Crippen LogP contribution is 2.18. The zero-order valence-corrected chi connectivity index (χ0v) is 11.4. The molecule has 0 radical (unpaired) electrons. The van der Waals surface area contributed by atoms with Crippen molar-refractivity contribution in [2.75, 3.05) is 12.4 Å². The molecule has 0 aliphatic carbocycles. The monoisotopic (exact) mass is 300 g/mol. The molecule has 8 heteroatoms. The smallest absolute Gasteiger partial charge is 0.337 e. The van der Waals surface area contributed by atoms with Crippen molar-refractivity contribution in [3.8, 4) is 0 Å². The number of amides is 1. The molecule has 0 spiro atoms. The van der Waals surface area contributed by atoms with Gasteiger partial charge in [-0.3, -0.25) is 9.59 Å². The van der Waals surface area contributed by atoms with Crippen molar-refractivity contribution in [1.82, 2.24) is 4.98 Å². The number of nitrogens with one attached hydrogen (secondary N) is 1. The van der Waals surface area contributed by atoms with Crippen LogP contribution in [0.2, 0.25) is 5.15 Å². The molecule has 1 aromatic heterocycles. The molecule has 2 N–H and O–H groups in total. The molecule has 0 bridgehead atoms. The number of ether oxygens (including phenoxy) is 1. The van der Waals surface area contributed by atoms with E-state index in [1.165, 1.54) is 13.3 Å². The number of carbonyl (C=O) groups excluding carboxylic acids is 2. The van der Waals surface area contributed by atoms with Crippen molar-refractivity contribution in [1.29, 1.82) is 0 Å². The normalized spacial score (nSPS) is 9.90. The summed E-state index contributed by atoms with van der Waals surface area (Å²) in [5, 5.41) is 11.4. The van der Waals surface area contributed by atoms with E-state index < -0.39 is 17.8 Å². The van der Waals surface area contributed by atoms with Crippen molar-refractivity contribution in [3.05, 3.63) is 23.0 Å². The number of methoxy groups -OCH3 is 1. The molecule has 1 aromatic rings. The van der Waals surface area contributed by atoms with Crippen molar-refractivity contribution >= 4 is 35.1 Å². The van der Waals surface area contributed by atoms with E-state index >= 15 is 0 Å². The third kappa shape index (κ3) is 4.85. The maximum Gasteiger partial charge on any atom is 0.337 e. The Kier molecular flexibility index (Phi) is 5.92. The number of nitrogens with zero attached hydrogens (tertiary/aromatic N) is 1. The number of anilines is 1. The number of hydrogen-bond acceptors (Lipinski definition) is 5. The highest BCUT2D eigenvalue weighted by Gasteiger charge is 2.14. The number of pyridine rings is 1. The van der Waals surface area contributed by atoms with Crippen LogP contribution >= 0.6 is 11.6 Å². The fourth-order valence-electron chi connectivity index (χ4n) is 1.41. The van der Waals surface area contributed by atoms with Crippen LogP contribution in [0.1, 0.15) is 29.6 Å². The fourth-order valence-corrected chi connectivity index (χ4v) is 1.57. The van der Waals surface area contributed by atoms with Gasteiger partial charge in [-0.05, 0) is 12.5 Å². The van der Waals surface area contributed by atoms with Gasteiger partial charge >= 0.3 is 11.9 Å². The van der Waals surface area contributed by atoms with Crippen LogP contribution < -0.4 is 5.32 Å². The van der Waals surface area contributed by atoms with Gasteiger partial charge < -0.3 is 15.2 Å². The third-order valence-electron chi connectivity index (χ3n) is 2.39. The van der Waals surface area contributed by atoms with Gasteiger partial charge in [-0.15, -0.1) is 0 Å². The van der Waals surface area contributed by atoms with Gasteiger partial charge in [0, 0.05) is 12.8 Å². The Bertz CT molecular complexity index is 533. The minimum Gasteiger partial charge on any atom is -0.478 e. The highest BCUT2D eigenvalue weighted by molar-refractivity contribution is 6.29. The number of carboxylic acid groups (broad SMARTS) is 1. The van der Waals surface area contributed by atoms with Gasteiger partial charge in [0.05, 0.1) is 24.6 Å². The van der Waals surface area contributed by atoms with Gasteiger partial charge in [0.2, 0.25) is 5.91 Å². The minimum atomic E-state index is -1.22. The quantitative estimate of drug-likeness (QED) is 0.612. The van der Waals surface area contributed by atoms with Gasteiger partial charge in [0.1, 0.15) is 5.15 Å². The van der Waals surface area contributed by atoms with E-state index in [0.717, 1.165) is 6.07 Å². The molecule has 20 heavy (non-hydrogen) atoms. The molecule has 0 aromatic carbocycles. The molecule has 0 atom stereocenters. The number of carbonyl (C=O) groups is 3. The molecule has 7 nitrogen and oxygen atoms in total. The maximum atomic E-state index is 11.6. The van der Waals surface area contributed by atoms with Crippen LogP contribution in [-0.4, -0.2) is 35.0 Å². The first-order valence-electron chi connectivity index (χ1n) is 5.69. The lowest BCUT2D eigenvalue weighted by atomic mass is 10.2. The van der Waals surface area contributed by atoms with Crippen molar-refractivity contribution in [2.45, 2.75) is 19.3 Å². The Morgan fingerprint density at radius 2 is 2.10 bits per heavy atom. The summed E-state index contributed by atoms with van der Waals surface area (Å²) < 4.78 is 4.44. The number of aromatic carboxylic acids is 1. The first-order valence-corrected chi connectivity index (χ1v) is 6.07. The average Bonchev–Trinajstić information content (AvgIpc) is 2.40. The van der Waals surface area contributed by atoms with E-state index in [-0.39, 0.29) is 29.2 Å². The standard InChI is InChI=1S/C12H13ClN2O5/c1-20-11(17)4-2-3-10(16)15-8-6-14-9(13)5-7(8)12(18)19/h5-6H,2-4H2,1H3,(H,15,16)(H,18,19). The number of esters is 1. The van der Waals surface area contributed by atoms with Crippen LogP contribution in [0.3, 0.4) is 0 Å². The molecular weight excluding hydrogens is 288 g/mol. The van der Waals surface area contributed by atoms with Gasteiger partial charge in [-0.25, -0.2) is 9.78 Å². The summed E-state index contributed by atoms with van der Waals surface area (Å²) >= 11 is 5.59. The highest BCUT2D eigenvalue weighted by atomic mass is 35.5. The van der Waals surface area contributed by atoms with Crippen LogP contribution in [-0.2, 0) is 14.3 Å². The number of rotatable bonds is 6. The van der Waals surface area contributed by atoms with E-state index in [9.17, 15) is 14.4 Å². The second kappa shape index (κ2) is 7.44. The zero-order valence-electron chi connectivity index (χ0n) is 10.7.